The largest absolute Gasteiger partial charge is 0.318 e. The van der Waals surface area contributed by atoms with Crippen LogP contribution in [0.3, 0.4) is 0 Å². The summed E-state index contributed by atoms with van der Waals surface area (Å²) in [6, 6.07) is 11.3. The molecule has 1 aromatic carbocycles. The first-order valence-electron chi connectivity index (χ1n) is 7.63. The van der Waals surface area contributed by atoms with E-state index in [4.69, 9.17) is 11.6 Å². The number of carbonyl (C=O) groups is 1. The summed E-state index contributed by atoms with van der Waals surface area (Å²) < 4.78 is 3.70. The molecule has 0 unspecified atom stereocenters. The molecule has 124 valence electrons. The summed E-state index contributed by atoms with van der Waals surface area (Å²) >= 11 is 5.96. The van der Waals surface area contributed by atoms with Crippen LogP contribution in [0.1, 0.15) is 27.4 Å². The average Bonchev–Trinajstić information content (AvgIpc) is 2.99. The van der Waals surface area contributed by atoms with E-state index in [0.29, 0.717) is 16.4 Å². The predicted octanol–water partition coefficient (Wildman–Crippen LogP) is 4.04. The maximum Gasteiger partial charge on any atom is 0.258 e. The lowest BCUT2D eigenvalue weighted by Gasteiger charge is -2.10. The van der Waals surface area contributed by atoms with Gasteiger partial charge >= 0.3 is 0 Å². The van der Waals surface area contributed by atoms with Gasteiger partial charge in [0.2, 0.25) is 0 Å². The Balaban J connectivity index is 1.95. The van der Waals surface area contributed by atoms with Gasteiger partial charge in [0.15, 0.2) is 0 Å². The van der Waals surface area contributed by atoms with Crippen molar-refractivity contribution in [3.8, 4) is 5.69 Å². The Morgan fingerprint density at radius 3 is 2.38 bits per heavy atom. The zero-order valence-electron chi connectivity index (χ0n) is 14.1. The minimum atomic E-state index is -0.147. The van der Waals surface area contributed by atoms with E-state index < -0.39 is 0 Å². The van der Waals surface area contributed by atoms with Crippen LogP contribution in [0, 0.1) is 20.8 Å². The second kappa shape index (κ2) is 6.17. The molecular weight excluding hydrogens is 324 g/mol. The third-order valence-electron chi connectivity index (χ3n) is 4.00. The van der Waals surface area contributed by atoms with Crippen molar-refractivity contribution < 1.29 is 4.79 Å². The average molecular weight is 343 g/mol. The van der Waals surface area contributed by atoms with E-state index in [1.54, 1.807) is 11.7 Å². The fourth-order valence-electron chi connectivity index (χ4n) is 2.89. The van der Waals surface area contributed by atoms with Crippen molar-refractivity contribution in [2.75, 3.05) is 5.32 Å². The van der Waals surface area contributed by atoms with E-state index in [9.17, 15) is 4.79 Å². The van der Waals surface area contributed by atoms with Crippen LogP contribution < -0.4 is 5.32 Å². The number of hydrogen-bond acceptors (Lipinski definition) is 2. The minimum Gasteiger partial charge on any atom is -0.318 e. The monoisotopic (exact) mass is 342 g/mol. The number of aryl methyl sites for hydroxylation is 3. The molecule has 1 amide bonds. The number of nitrogens with one attached hydrogen (secondary N) is 1. The summed E-state index contributed by atoms with van der Waals surface area (Å²) in [6.07, 6.45) is 0. The molecule has 0 spiro atoms. The van der Waals surface area contributed by atoms with Crippen molar-refractivity contribution in [1.29, 1.82) is 0 Å². The molecule has 2 aromatic heterocycles. The zero-order valence-corrected chi connectivity index (χ0v) is 14.8. The van der Waals surface area contributed by atoms with Crippen molar-refractivity contribution in [3.05, 3.63) is 64.1 Å². The van der Waals surface area contributed by atoms with Gasteiger partial charge in [-0.25, -0.2) is 0 Å². The van der Waals surface area contributed by atoms with E-state index in [1.807, 2.05) is 61.7 Å². The number of carbonyl (C=O) groups excluding carboxylic acids is 1. The summed E-state index contributed by atoms with van der Waals surface area (Å²) in [5, 5.41) is 7.85. The Morgan fingerprint density at radius 2 is 1.79 bits per heavy atom. The van der Waals surface area contributed by atoms with Gasteiger partial charge in [-0.2, -0.15) is 5.10 Å². The van der Waals surface area contributed by atoms with Gasteiger partial charge < -0.3 is 9.88 Å². The number of benzene rings is 1. The maximum atomic E-state index is 12.7. The lowest BCUT2D eigenvalue weighted by Crippen LogP contribution is -2.15. The first kappa shape index (κ1) is 16.3. The Labute approximate surface area is 145 Å². The molecule has 0 aliphatic rings. The van der Waals surface area contributed by atoms with Crippen LogP contribution in [0.4, 0.5) is 5.82 Å². The van der Waals surface area contributed by atoms with E-state index in [-0.39, 0.29) is 5.91 Å². The zero-order chi connectivity index (χ0) is 17.4. The van der Waals surface area contributed by atoms with Gasteiger partial charge in [0.25, 0.3) is 5.91 Å². The van der Waals surface area contributed by atoms with Gasteiger partial charge in [0, 0.05) is 35.2 Å². The fraction of sp³-hybridized carbons (Fsp3) is 0.222. The van der Waals surface area contributed by atoms with E-state index >= 15 is 0 Å². The van der Waals surface area contributed by atoms with Crippen LogP contribution in [0.25, 0.3) is 5.69 Å². The minimum absolute atomic E-state index is 0.147. The number of halogens is 1. The van der Waals surface area contributed by atoms with Crippen LogP contribution in [0.2, 0.25) is 5.02 Å². The topological polar surface area (TPSA) is 51.9 Å². The summed E-state index contributed by atoms with van der Waals surface area (Å²) in [5.41, 5.74) is 4.35. The van der Waals surface area contributed by atoms with Crippen molar-refractivity contribution in [2.45, 2.75) is 20.8 Å². The number of amides is 1. The number of aromatic nitrogens is 3. The smallest absolute Gasteiger partial charge is 0.258 e. The molecule has 5 nitrogen and oxygen atoms in total. The van der Waals surface area contributed by atoms with Crippen LogP contribution in [-0.2, 0) is 7.05 Å². The third kappa shape index (κ3) is 2.95. The summed E-state index contributed by atoms with van der Waals surface area (Å²) in [7, 11) is 1.81. The second-order valence-electron chi connectivity index (χ2n) is 5.85. The highest BCUT2D eigenvalue weighted by molar-refractivity contribution is 6.30. The van der Waals surface area contributed by atoms with Gasteiger partial charge in [0.1, 0.15) is 5.82 Å². The molecule has 0 aliphatic heterocycles. The number of anilines is 1. The van der Waals surface area contributed by atoms with Gasteiger partial charge in [-0.3, -0.25) is 9.48 Å². The van der Waals surface area contributed by atoms with E-state index in [2.05, 4.69) is 10.4 Å². The fourth-order valence-corrected chi connectivity index (χ4v) is 3.02. The SMILES string of the molecule is Cc1cc(NC(=O)c2cc(C)n(-c3ccc(Cl)cc3)c2C)n(C)n1. The lowest BCUT2D eigenvalue weighted by atomic mass is 10.2. The maximum absolute atomic E-state index is 12.7. The molecule has 2 heterocycles. The Bertz CT molecular complexity index is 906. The van der Waals surface area contributed by atoms with Crippen molar-refractivity contribution in [1.82, 2.24) is 14.3 Å². The molecule has 0 aliphatic carbocycles. The number of nitrogens with zero attached hydrogens (tertiary/aromatic N) is 3. The normalized spacial score (nSPS) is 10.9. The van der Waals surface area contributed by atoms with Crippen molar-refractivity contribution in [3.63, 3.8) is 0 Å². The molecule has 0 radical (unpaired) electrons. The van der Waals surface area contributed by atoms with Crippen LogP contribution in [0.15, 0.2) is 36.4 Å². The highest BCUT2D eigenvalue weighted by atomic mass is 35.5. The Morgan fingerprint density at radius 1 is 1.12 bits per heavy atom. The summed E-state index contributed by atoms with van der Waals surface area (Å²) in [6.45, 7) is 5.81. The molecule has 3 rings (SSSR count). The first-order valence-corrected chi connectivity index (χ1v) is 8.01. The molecule has 0 saturated heterocycles. The van der Waals surface area contributed by atoms with Crippen LogP contribution in [0.5, 0.6) is 0 Å². The molecule has 0 atom stereocenters. The molecular formula is C18H19ClN4O. The Kier molecular flexibility index (Phi) is 4.20. The Hall–Kier alpha value is -2.53. The van der Waals surface area contributed by atoms with Crippen molar-refractivity contribution in [2.24, 2.45) is 7.05 Å². The van der Waals surface area contributed by atoms with E-state index in [0.717, 1.165) is 22.8 Å². The standard InChI is InChI=1S/C18H19ClN4O/c1-11-9-17(22(4)21-11)20-18(24)16-10-12(2)23(13(16)3)15-7-5-14(19)6-8-15/h5-10H,1-4H3,(H,20,24). The highest BCUT2D eigenvalue weighted by Gasteiger charge is 2.18. The van der Waals surface area contributed by atoms with Gasteiger partial charge in [-0.05, 0) is 51.1 Å². The van der Waals surface area contributed by atoms with Crippen molar-refractivity contribution >= 4 is 23.3 Å². The molecule has 0 bridgehead atoms. The molecule has 0 saturated carbocycles. The molecule has 6 heteroatoms. The summed E-state index contributed by atoms with van der Waals surface area (Å²) in [5.74, 6) is 0.528. The van der Waals surface area contributed by atoms with Gasteiger partial charge in [-0.1, -0.05) is 11.6 Å². The quantitative estimate of drug-likeness (QED) is 0.781. The molecule has 24 heavy (non-hydrogen) atoms. The van der Waals surface area contributed by atoms with E-state index in [1.165, 1.54) is 0 Å². The molecule has 3 aromatic rings. The predicted molar refractivity (Wildman–Crippen MR) is 96.2 cm³/mol. The highest BCUT2D eigenvalue weighted by Crippen LogP contribution is 2.23. The van der Waals surface area contributed by atoms with Gasteiger partial charge in [-0.15, -0.1) is 0 Å². The number of rotatable bonds is 3. The summed E-state index contributed by atoms with van der Waals surface area (Å²) in [4.78, 5) is 12.7. The third-order valence-corrected chi connectivity index (χ3v) is 4.26. The molecule has 1 N–H and O–H groups in total. The lowest BCUT2D eigenvalue weighted by molar-refractivity contribution is 0.102. The second-order valence-corrected chi connectivity index (χ2v) is 6.28. The number of hydrogen-bond donors (Lipinski definition) is 1. The van der Waals surface area contributed by atoms with Crippen LogP contribution >= 0.6 is 11.6 Å². The molecule has 0 fully saturated rings. The van der Waals surface area contributed by atoms with Crippen LogP contribution in [-0.4, -0.2) is 20.3 Å². The first-order chi connectivity index (χ1) is 11.4. The van der Waals surface area contributed by atoms with Gasteiger partial charge in [0.05, 0.1) is 11.3 Å².